The van der Waals surface area contributed by atoms with Crippen LogP contribution in [0.15, 0.2) is 23.1 Å². The molecule has 1 aromatic rings. The molecule has 1 aromatic carbocycles. The lowest BCUT2D eigenvalue weighted by Gasteiger charge is -2.31. The van der Waals surface area contributed by atoms with Gasteiger partial charge in [-0.1, -0.05) is 25.4 Å². The number of benzene rings is 1. The number of hydrogen-bond donors (Lipinski definition) is 1. The third kappa shape index (κ3) is 4.73. The largest absolute Gasteiger partial charge is 0.349 e. The van der Waals surface area contributed by atoms with E-state index in [1.54, 1.807) is 0 Å². The van der Waals surface area contributed by atoms with Crippen LogP contribution >= 0.6 is 11.6 Å². The van der Waals surface area contributed by atoms with Crippen LogP contribution in [0.1, 0.15) is 31.1 Å². The Kier molecular flexibility index (Phi) is 6.48. The van der Waals surface area contributed by atoms with E-state index in [0.29, 0.717) is 26.2 Å². The molecule has 1 amide bonds. The zero-order chi connectivity index (χ0) is 18.8. The van der Waals surface area contributed by atoms with Crippen molar-refractivity contribution >= 4 is 27.5 Å². The zero-order valence-corrected chi connectivity index (χ0v) is 16.7. The first-order valence-electron chi connectivity index (χ1n) is 8.42. The van der Waals surface area contributed by atoms with Gasteiger partial charge in [0.25, 0.3) is 5.91 Å². The summed E-state index contributed by atoms with van der Waals surface area (Å²) in [7, 11) is -1.67. The van der Waals surface area contributed by atoms with Gasteiger partial charge in [-0.15, -0.1) is 0 Å². The highest BCUT2D eigenvalue weighted by molar-refractivity contribution is 7.89. The second-order valence-electron chi connectivity index (χ2n) is 6.86. The molecule has 0 radical (unpaired) electrons. The number of likely N-dealkylation sites (N-methyl/N-ethyl adjacent to an activating group) is 1. The number of nitrogens with one attached hydrogen (secondary N) is 1. The van der Waals surface area contributed by atoms with Crippen LogP contribution in [0.3, 0.4) is 0 Å². The van der Waals surface area contributed by atoms with E-state index in [4.69, 9.17) is 11.6 Å². The van der Waals surface area contributed by atoms with Gasteiger partial charge in [0, 0.05) is 32.2 Å². The highest BCUT2D eigenvalue weighted by atomic mass is 35.5. The van der Waals surface area contributed by atoms with Crippen molar-refractivity contribution < 1.29 is 13.2 Å². The van der Waals surface area contributed by atoms with Gasteiger partial charge in [-0.3, -0.25) is 4.79 Å². The molecule has 0 spiro atoms. The molecule has 1 fully saturated rings. The van der Waals surface area contributed by atoms with Crippen molar-refractivity contribution in [1.82, 2.24) is 14.5 Å². The molecule has 0 bridgehead atoms. The number of sulfonamides is 1. The maximum atomic E-state index is 12.8. The Morgan fingerprint density at radius 1 is 1.16 bits per heavy atom. The predicted molar refractivity (Wildman–Crippen MR) is 99.5 cm³/mol. The van der Waals surface area contributed by atoms with Gasteiger partial charge in [0.2, 0.25) is 10.0 Å². The standard InChI is InChI=1S/C17H26ClN3O3S/c1-12(2)13(3)19-17(22)15-11-14(5-6-16(15)18)25(23,24)21-9-7-20(4)8-10-21/h5-6,11-13H,7-10H2,1-4H3,(H,19,22). The highest BCUT2D eigenvalue weighted by Gasteiger charge is 2.28. The summed E-state index contributed by atoms with van der Waals surface area (Å²) in [6, 6.07) is 4.26. The van der Waals surface area contributed by atoms with Crippen molar-refractivity contribution in [2.75, 3.05) is 33.2 Å². The molecule has 1 atom stereocenters. The molecule has 25 heavy (non-hydrogen) atoms. The van der Waals surface area contributed by atoms with E-state index >= 15 is 0 Å². The number of carbonyl (C=O) groups is 1. The minimum Gasteiger partial charge on any atom is -0.349 e. The van der Waals surface area contributed by atoms with Crippen LogP contribution in [0.5, 0.6) is 0 Å². The molecule has 140 valence electrons. The maximum Gasteiger partial charge on any atom is 0.253 e. The number of carbonyl (C=O) groups excluding carboxylic acids is 1. The van der Waals surface area contributed by atoms with Crippen molar-refractivity contribution in [1.29, 1.82) is 0 Å². The van der Waals surface area contributed by atoms with Gasteiger partial charge in [0.1, 0.15) is 0 Å². The Hall–Kier alpha value is -1.15. The zero-order valence-electron chi connectivity index (χ0n) is 15.1. The van der Waals surface area contributed by atoms with E-state index in [9.17, 15) is 13.2 Å². The first kappa shape index (κ1) is 20.2. The third-order valence-corrected chi connectivity index (χ3v) is 6.87. The molecule has 6 nitrogen and oxygen atoms in total. The molecule has 1 N–H and O–H groups in total. The van der Waals surface area contributed by atoms with Crippen LogP contribution in [0.2, 0.25) is 5.02 Å². The van der Waals surface area contributed by atoms with Crippen LogP contribution in [-0.2, 0) is 10.0 Å². The van der Waals surface area contributed by atoms with E-state index in [1.165, 1.54) is 22.5 Å². The van der Waals surface area contributed by atoms with E-state index in [-0.39, 0.29) is 33.3 Å². The molecule has 2 rings (SSSR count). The Balaban J connectivity index is 2.27. The minimum absolute atomic E-state index is 0.0403. The molecule has 0 aliphatic carbocycles. The Bertz CT molecular complexity index is 729. The molecular formula is C17H26ClN3O3S. The van der Waals surface area contributed by atoms with Crippen molar-refractivity contribution in [2.45, 2.75) is 31.7 Å². The quantitative estimate of drug-likeness (QED) is 0.839. The van der Waals surface area contributed by atoms with Gasteiger partial charge in [0.15, 0.2) is 0 Å². The molecule has 1 saturated heterocycles. The number of amides is 1. The summed E-state index contributed by atoms with van der Waals surface area (Å²) in [4.78, 5) is 14.7. The van der Waals surface area contributed by atoms with Crippen LogP contribution < -0.4 is 5.32 Å². The van der Waals surface area contributed by atoms with Crippen LogP contribution in [-0.4, -0.2) is 62.8 Å². The number of piperazine rings is 1. The Labute approximate surface area is 155 Å². The van der Waals surface area contributed by atoms with Crippen LogP contribution in [0, 0.1) is 5.92 Å². The molecule has 8 heteroatoms. The number of rotatable bonds is 5. The summed E-state index contributed by atoms with van der Waals surface area (Å²) in [6.07, 6.45) is 0. The normalized spacial score (nSPS) is 18.3. The Morgan fingerprint density at radius 2 is 1.76 bits per heavy atom. The third-order valence-electron chi connectivity index (χ3n) is 4.64. The average molecular weight is 388 g/mol. The van der Waals surface area contributed by atoms with Crippen molar-refractivity contribution in [2.24, 2.45) is 5.92 Å². The lowest BCUT2D eigenvalue weighted by atomic mass is 10.1. The predicted octanol–water partition coefficient (Wildman–Crippen LogP) is 2.05. The molecule has 1 aliphatic rings. The SMILES string of the molecule is CC(C)C(C)NC(=O)c1cc(S(=O)(=O)N2CCN(C)CC2)ccc1Cl. The van der Waals surface area contributed by atoms with Gasteiger partial charge < -0.3 is 10.2 Å². The minimum atomic E-state index is -3.64. The van der Waals surface area contributed by atoms with E-state index in [0.717, 1.165) is 0 Å². The lowest BCUT2D eigenvalue weighted by molar-refractivity contribution is 0.0930. The summed E-state index contributed by atoms with van der Waals surface area (Å²) in [6.45, 7) is 8.15. The van der Waals surface area contributed by atoms with E-state index < -0.39 is 10.0 Å². The van der Waals surface area contributed by atoms with Gasteiger partial charge in [-0.2, -0.15) is 4.31 Å². The second-order valence-corrected chi connectivity index (χ2v) is 9.20. The summed E-state index contributed by atoms with van der Waals surface area (Å²) in [5.41, 5.74) is 0.185. The van der Waals surface area contributed by atoms with E-state index in [1.807, 2.05) is 27.8 Å². The first-order valence-corrected chi connectivity index (χ1v) is 10.2. The number of nitrogens with zero attached hydrogens (tertiary/aromatic N) is 2. The average Bonchev–Trinajstić information content (AvgIpc) is 2.55. The van der Waals surface area contributed by atoms with Gasteiger partial charge in [-0.25, -0.2) is 8.42 Å². The fourth-order valence-corrected chi connectivity index (χ4v) is 4.12. The lowest BCUT2D eigenvalue weighted by Crippen LogP contribution is -2.47. The molecule has 1 heterocycles. The van der Waals surface area contributed by atoms with Crippen LogP contribution in [0.25, 0.3) is 0 Å². The molecular weight excluding hydrogens is 362 g/mol. The van der Waals surface area contributed by atoms with Gasteiger partial charge in [0.05, 0.1) is 15.5 Å². The topological polar surface area (TPSA) is 69.7 Å². The molecule has 0 saturated carbocycles. The summed E-state index contributed by atoms with van der Waals surface area (Å²) >= 11 is 6.13. The fourth-order valence-electron chi connectivity index (χ4n) is 2.47. The highest BCUT2D eigenvalue weighted by Crippen LogP contribution is 2.24. The monoisotopic (exact) mass is 387 g/mol. The summed E-state index contributed by atoms with van der Waals surface area (Å²) in [5, 5.41) is 3.10. The summed E-state index contributed by atoms with van der Waals surface area (Å²) < 4.78 is 27.1. The van der Waals surface area contributed by atoms with Crippen molar-refractivity contribution in [3.63, 3.8) is 0 Å². The number of halogens is 1. The number of hydrogen-bond acceptors (Lipinski definition) is 4. The van der Waals surface area contributed by atoms with Gasteiger partial charge >= 0.3 is 0 Å². The molecule has 1 unspecified atom stereocenters. The fraction of sp³-hybridized carbons (Fsp3) is 0.588. The van der Waals surface area contributed by atoms with Crippen molar-refractivity contribution in [3.05, 3.63) is 28.8 Å². The first-order chi connectivity index (χ1) is 11.6. The smallest absolute Gasteiger partial charge is 0.253 e. The van der Waals surface area contributed by atoms with Crippen molar-refractivity contribution in [3.8, 4) is 0 Å². The Morgan fingerprint density at radius 3 is 2.32 bits per heavy atom. The van der Waals surface area contributed by atoms with Gasteiger partial charge in [-0.05, 0) is 38.1 Å². The maximum absolute atomic E-state index is 12.8. The second kappa shape index (κ2) is 8.03. The molecule has 0 aromatic heterocycles. The molecule has 1 aliphatic heterocycles. The van der Waals surface area contributed by atoms with E-state index in [2.05, 4.69) is 10.2 Å². The summed E-state index contributed by atoms with van der Waals surface area (Å²) in [5.74, 6) is -0.0957. The van der Waals surface area contributed by atoms with Crippen LogP contribution in [0.4, 0.5) is 0 Å².